The van der Waals surface area contributed by atoms with Gasteiger partial charge in [0.1, 0.15) is 10.7 Å². The number of fused-ring (bicyclic) bond motifs is 1. The maximum atomic E-state index is 14.1. The monoisotopic (exact) mass is 386 g/mol. The molecule has 26 heavy (non-hydrogen) atoms. The molecule has 2 aromatic rings. The zero-order valence-corrected chi connectivity index (χ0v) is 14.2. The molecule has 0 radical (unpaired) electrons. The molecule has 0 saturated heterocycles. The number of carbonyl (C=O) groups excluding carboxylic acids is 1. The van der Waals surface area contributed by atoms with Gasteiger partial charge in [-0.3, -0.25) is 0 Å². The standard InChI is InChI=1S/C17H10F4O4S/c1-23-8-6-4-3-5-7(8)13-16(17(22)24-2)26-15-12(21)10(19)9(18)11(20)14(15)25-13/h3-6H,1-2H3. The Morgan fingerprint density at radius 2 is 1.65 bits per heavy atom. The predicted molar refractivity (Wildman–Crippen MR) is 84.7 cm³/mol. The van der Waals surface area contributed by atoms with Crippen molar-refractivity contribution in [2.45, 2.75) is 4.90 Å². The highest BCUT2D eigenvalue weighted by Gasteiger charge is 2.36. The number of esters is 1. The van der Waals surface area contributed by atoms with Crippen LogP contribution in [0.2, 0.25) is 0 Å². The van der Waals surface area contributed by atoms with Gasteiger partial charge in [0.2, 0.25) is 11.6 Å². The lowest BCUT2D eigenvalue weighted by atomic mass is 10.1. The minimum absolute atomic E-state index is 0.220. The van der Waals surface area contributed by atoms with Gasteiger partial charge in [-0.15, -0.1) is 0 Å². The Morgan fingerprint density at radius 1 is 1.00 bits per heavy atom. The summed E-state index contributed by atoms with van der Waals surface area (Å²) in [5, 5.41) is 0. The van der Waals surface area contributed by atoms with Gasteiger partial charge in [-0.05, 0) is 12.1 Å². The Balaban J connectivity index is 2.26. The number of rotatable bonds is 3. The first kappa shape index (κ1) is 18.1. The number of hydrogen-bond acceptors (Lipinski definition) is 5. The van der Waals surface area contributed by atoms with Gasteiger partial charge in [0.15, 0.2) is 23.1 Å². The lowest BCUT2D eigenvalue weighted by Crippen LogP contribution is -2.15. The molecular formula is C17H10F4O4S. The largest absolute Gasteiger partial charge is 0.496 e. The van der Waals surface area contributed by atoms with Gasteiger partial charge in [-0.25, -0.2) is 18.0 Å². The fourth-order valence-corrected chi connectivity index (χ4v) is 3.33. The summed E-state index contributed by atoms with van der Waals surface area (Å²) in [6, 6.07) is 6.27. The van der Waals surface area contributed by atoms with Crippen molar-refractivity contribution in [3.05, 3.63) is 58.0 Å². The number of benzene rings is 2. The third kappa shape index (κ3) is 2.78. The minimum Gasteiger partial charge on any atom is -0.496 e. The van der Waals surface area contributed by atoms with Crippen LogP contribution in [0.4, 0.5) is 17.6 Å². The normalized spacial score (nSPS) is 13.2. The summed E-state index contributed by atoms with van der Waals surface area (Å²) < 4.78 is 70.4. The maximum Gasteiger partial charge on any atom is 0.348 e. The van der Waals surface area contributed by atoms with Crippen LogP contribution in [0.5, 0.6) is 11.5 Å². The number of para-hydroxylation sites is 1. The molecule has 0 bridgehead atoms. The summed E-state index contributed by atoms with van der Waals surface area (Å²) in [6.07, 6.45) is 0. The smallest absolute Gasteiger partial charge is 0.348 e. The second-order valence-corrected chi connectivity index (χ2v) is 5.99. The first-order chi connectivity index (χ1) is 12.4. The van der Waals surface area contributed by atoms with E-state index in [1.54, 1.807) is 18.2 Å². The molecule has 2 aromatic carbocycles. The van der Waals surface area contributed by atoms with Crippen LogP contribution in [0.3, 0.4) is 0 Å². The van der Waals surface area contributed by atoms with Crippen molar-refractivity contribution in [2.75, 3.05) is 14.2 Å². The van der Waals surface area contributed by atoms with E-state index in [-0.39, 0.29) is 22.0 Å². The van der Waals surface area contributed by atoms with Crippen molar-refractivity contribution < 1.29 is 36.6 Å². The fourth-order valence-electron chi connectivity index (χ4n) is 2.31. The highest BCUT2D eigenvalue weighted by atomic mass is 32.2. The molecule has 1 aliphatic rings. The number of halogens is 4. The molecule has 0 N–H and O–H groups in total. The second kappa shape index (κ2) is 6.91. The zero-order valence-electron chi connectivity index (χ0n) is 13.4. The summed E-state index contributed by atoms with van der Waals surface area (Å²) >= 11 is 0.378. The summed E-state index contributed by atoms with van der Waals surface area (Å²) in [5.41, 5.74) is 0.220. The third-order valence-corrected chi connectivity index (χ3v) is 4.64. The predicted octanol–water partition coefficient (Wildman–Crippen LogP) is 4.28. The molecule has 136 valence electrons. The van der Waals surface area contributed by atoms with Crippen molar-refractivity contribution in [2.24, 2.45) is 0 Å². The number of ether oxygens (including phenoxy) is 3. The van der Waals surface area contributed by atoms with Crippen LogP contribution < -0.4 is 9.47 Å². The zero-order chi connectivity index (χ0) is 19.0. The summed E-state index contributed by atoms with van der Waals surface area (Å²) in [7, 11) is 2.43. The van der Waals surface area contributed by atoms with Gasteiger partial charge >= 0.3 is 5.97 Å². The molecule has 0 atom stereocenters. The SMILES string of the molecule is COC(=O)C1=C(c2ccccc2OC)Oc2c(F)c(F)c(F)c(F)c2S1. The topological polar surface area (TPSA) is 44.8 Å². The molecule has 0 fully saturated rings. The lowest BCUT2D eigenvalue weighted by Gasteiger charge is -2.23. The van der Waals surface area contributed by atoms with Crippen LogP contribution in [0.1, 0.15) is 5.56 Å². The molecule has 3 rings (SSSR count). The fraction of sp³-hybridized carbons (Fsp3) is 0.118. The Labute approximate surface area is 149 Å². The quantitative estimate of drug-likeness (QED) is 0.341. The Kier molecular flexibility index (Phi) is 4.82. The summed E-state index contributed by atoms with van der Waals surface area (Å²) in [5.74, 6) is -9.13. The van der Waals surface area contributed by atoms with Crippen LogP contribution in [-0.2, 0) is 9.53 Å². The van der Waals surface area contributed by atoms with Crippen molar-refractivity contribution in [1.29, 1.82) is 0 Å². The first-order valence-corrected chi connectivity index (χ1v) is 7.90. The highest BCUT2D eigenvalue weighted by molar-refractivity contribution is 8.04. The first-order valence-electron chi connectivity index (χ1n) is 7.08. The van der Waals surface area contributed by atoms with E-state index in [1.807, 2.05) is 0 Å². The van der Waals surface area contributed by atoms with Crippen LogP contribution in [0.25, 0.3) is 5.76 Å². The summed E-state index contributed by atoms with van der Waals surface area (Å²) in [6.45, 7) is 0. The van der Waals surface area contributed by atoms with Gasteiger partial charge in [-0.1, -0.05) is 23.9 Å². The van der Waals surface area contributed by atoms with Gasteiger partial charge < -0.3 is 14.2 Å². The minimum atomic E-state index is -2.01. The van der Waals surface area contributed by atoms with Crippen LogP contribution in [-0.4, -0.2) is 20.2 Å². The number of methoxy groups -OCH3 is 2. The number of hydrogen-bond donors (Lipinski definition) is 0. The average molecular weight is 386 g/mol. The van der Waals surface area contributed by atoms with E-state index >= 15 is 0 Å². The molecule has 0 aliphatic carbocycles. The second-order valence-electron chi connectivity index (χ2n) is 4.97. The molecule has 0 amide bonds. The molecule has 0 aromatic heterocycles. The van der Waals surface area contributed by atoms with Crippen LogP contribution in [0.15, 0.2) is 34.1 Å². The van der Waals surface area contributed by atoms with Crippen molar-refractivity contribution in [1.82, 2.24) is 0 Å². The van der Waals surface area contributed by atoms with Crippen molar-refractivity contribution in [3.8, 4) is 11.5 Å². The Hall–Kier alpha value is -2.68. The van der Waals surface area contributed by atoms with E-state index in [1.165, 1.54) is 13.2 Å². The average Bonchev–Trinajstić information content (AvgIpc) is 2.68. The van der Waals surface area contributed by atoms with Crippen LogP contribution >= 0.6 is 11.8 Å². The molecule has 4 nitrogen and oxygen atoms in total. The van der Waals surface area contributed by atoms with Gasteiger partial charge in [-0.2, -0.15) is 4.39 Å². The van der Waals surface area contributed by atoms with E-state index in [0.717, 1.165) is 7.11 Å². The molecule has 9 heteroatoms. The number of carbonyl (C=O) groups is 1. The van der Waals surface area contributed by atoms with Crippen molar-refractivity contribution >= 4 is 23.5 Å². The van der Waals surface area contributed by atoms with Gasteiger partial charge in [0.25, 0.3) is 0 Å². The number of thioether (sulfide) groups is 1. The van der Waals surface area contributed by atoms with Gasteiger partial charge in [0.05, 0.1) is 24.7 Å². The van der Waals surface area contributed by atoms with E-state index in [9.17, 15) is 22.4 Å². The molecule has 1 aliphatic heterocycles. The molecule has 1 heterocycles. The molecule has 0 spiro atoms. The third-order valence-electron chi connectivity index (χ3n) is 3.52. The Bertz CT molecular complexity index is 943. The Morgan fingerprint density at radius 3 is 2.31 bits per heavy atom. The highest BCUT2D eigenvalue weighted by Crippen LogP contribution is 2.49. The molecule has 0 saturated carbocycles. The van der Waals surface area contributed by atoms with E-state index in [4.69, 9.17) is 9.47 Å². The van der Waals surface area contributed by atoms with Gasteiger partial charge in [0, 0.05) is 0 Å². The van der Waals surface area contributed by atoms with E-state index < -0.39 is 39.9 Å². The summed E-state index contributed by atoms with van der Waals surface area (Å²) in [4.78, 5) is 11.1. The lowest BCUT2D eigenvalue weighted by molar-refractivity contribution is -0.135. The molecule has 0 unspecified atom stereocenters. The van der Waals surface area contributed by atoms with E-state index in [2.05, 4.69) is 4.74 Å². The maximum absolute atomic E-state index is 14.1. The molecular weight excluding hydrogens is 376 g/mol. The van der Waals surface area contributed by atoms with E-state index in [0.29, 0.717) is 11.8 Å². The van der Waals surface area contributed by atoms with Crippen molar-refractivity contribution in [3.63, 3.8) is 0 Å². The van der Waals surface area contributed by atoms with Crippen LogP contribution in [0, 0.1) is 23.3 Å².